The van der Waals surface area contributed by atoms with E-state index in [4.69, 9.17) is 5.10 Å². The van der Waals surface area contributed by atoms with Gasteiger partial charge in [0, 0.05) is 23.3 Å². The molecule has 2 fully saturated rings. The molecule has 3 heterocycles. The van der Waals surface area contributed by atoms with Gasteiger partial charge in [-0.2, -0.15) is 10.2 Å². The van der Waals surface area contributed by atoms with Crippen LogP contribution >= 0.6 is 0 Å². The summed E-state index contributed by atoms with van der Waals surface area (Å²) in [7, 11) is -2.91. The average molecular weight is 353 g/mol. The Morgan fingerprint density at radius 1 is 1.17 bits per heavy atom. The van der Waals surface area contributed by atoms with Crippen LogP contribution in [-0.2, 0) is 9.84 Å². The molecule has 6 nitrogen and oxygen atoms in total. The number of piperidine rings is 1. The van der Waals surface area contributed by atoms with Gasteiger partial charge in [-0.05, 0) is 53.4 Å². The van der Waals surface area contributed by atoms with Crippen molar-refractivity contribution >= 4 is 16.1 Å². The quantitative estimate of drug-likeness (QED) is 0.784. The zero-order valence-corrected chi connectivity index (χ0v) is 15.9. The summed E-state index contributed by atoms with van der Waals surface area (Å²) in [5.74, 6) is 0.466. The number of hydrogen-bond donors (Lipinski definition) is 0. The minimum atomic E-state index is -2.91. The van der Waals surface area contributed by atoms with Crippen LogP contribution in [0.4, 0.5) is 0 Å². The van der Waals surface area contributed by atoms with Crippen LogP contribution in [0, 0.1) is 13.8 Å². The normalized spacial score (nSPS) is 30.3. The van der Waals surface area contributed by atoms with Gasteiger partial charge in [-0.15, -0.1) is 0 Å². The zero-order valence-electron chi connectivity index (χ0n) is 15.1. The molecule has 0 unspecified atom stereocenters. The maximum Gasteiger partial charge on any atom is 0.152 e. The van der Waals surface area contributed by atoms with Crippen LogP contribution in [-0.4, -0.2) is 53.0 Å². The Morgan fingerprint density at radius 2 is 1.83 bits per heavy atom. The summed E-state index contributed by atoms with van der Waals surface area (Å²) in [5.41, 5.74) is 2.94. The van der Waals surface area contributed by atoms with Gasteiger partial charge in [0.25, 0.3) is 0 Å². The van der Waals surface area contributed by atoms with Crippen LogP contribution in [0.2, 0.25) is 0 Å². The van der Waals surface area contributed by atoms with E-state index in [1.54, 1.807) is 0 Å². The minimum Gasteiger partial charge on any atom is -0.292 e. The largest absolute Gasteiger partial charge is 0.292 e. The first-order valence-corrected chi connectivity index (χ1v) is 10.7. The number of rotatable bonds is 3. The number of sulfone groups is 1. The standard InChI is InChI=1S/C17H28N4O2S/c1-12-6-5-7-13(2)20(12)18-10-17-14(3)19-21(15(17)4)16-8-9-24(22,23)11-16/h10,12-13,16H,5-9,11H2,1-4H3/b18-10-/t12-,13+,16-/m1/s1. The topological polar surface area (TPSA) is 67.6 Å². The van der Waals surface area contributed by atoms with Gasteiger partial charge < -0.3 is 0 Å². The highest BCUT2D eigenvalue weighted by Crippen LogP contribution is 2.27. The van der Waals surface area contributed by atoms with E-state index in [-0.39, 0.29) is 17.5 Å². The number of hydrazone groups is 1. The molecule has 0 bridgehead atoms. The number of nitrogens with zero attached hydrogens (tertiary/aromatic N) is 4. The predicted octanol–water partition coefficient (Wildman–Crippen LogP) is 2.46. The predicted molar refractivity (Wildman–Crippen MR) is 96.2 cm³/mol. The van der Waals surface area contributed by atoms with Crippen molar-refractivity contribution in [1.29, 1.82) is 0 Å². The second-order valence-corrected chi connectivity index (χ2v) is 9.57. The Bertz CT molecular complexity index is 728. The van der Waals surface area contributed by atoms with E-state index in [9.17, 15) is 8.42 Å². The van der Waals surface area contributed by atoms with Gasteiger partial charge in [0.05, 0.1) is 29.5 Å². The van der Waals surface area contributed by atoms with E-state index in [0.29, 0.717) is 18.5 Å². The summed E-state index contributed by atoms with van der Waals surface area (Å²) in [4.78, 5) is 0. The molecule has 3 atom stereocenters. The number of aromatic nitrogens is 2. The molecule has 0 saturated carbocycles. The highest BCUT2D eigenvalue weighted by Gasteiger charge is 2.31. The van der Waals surface area contributed by atoms with Gasteiger partial charge in [-0.25, -0.2) is 8.42 Å². The van der Waals surface area contributed by atoms with E-state index < -0.39 is 9.84 Å². The van der Waals surface area contributed by atoms with E-state index in [1.807, 2.05) is 24.7 Å². The van der Waals surface area contributed by atoms with Crippen LogP contribution in [0.25, 0.3) is 0 Å². The third kappa shape index (κ3) is 3.36. The molecule has 0 radical (unpaired) electrons. The molecule has 0 amide bonds. The Morgan fingerprint density at radius 3 is 2.42 bits per heavy atom. The van der Waals surface area contributed by atoms with Gasteiger partial charge in [-0.1, -0.05) is 0 Å². The molecule has 0 spiro atoms. The number of hydrogen-bond acceptors (Lipinski definition) is 5. The lowest BCUT2D eigenvalue weighted by Crippen LogP contribution is -2.39. The van der Waals surface area contributed by atoms with Crippen LogP contribution in [0.3, 0.4) is 0 Å². The molecule has 134 valence electrons. The van der Waals surface area contributed by atoms with Crippen molar-refractivity contribution in [1.82, 2.24) is 14.8 Å². The van der Waals surface area contributed by atoms with Crippen LogP contribution in [0.5, 0.6) is 0 Å². The Labute approximate surface area is 144 Å². The Kier molecular flexibility index (Phi) is 4.73. The van der Waals surface area contributed by atoms with Crippen molar-refractivity contribution in [3.05, 3.63) is 17.0 Å². The van der Waals surface area contributed by atoms with Gasteiger partial charge in [0.1, 0.15) is 0 Å². The van der Waals surface area contributed by atoms with Crippen molar-refractivity contribution in [2.45, 2.75) is 71.5 Å². The molecule has 3 rings (SSSR count). The fourth-order valence-corrected chi connectivity index (χ4v) is 5.64. The summed E-state index contributed by atoms with van der Waals surface area (Å²) in [6, 6.07) is 0.880. The van der Waals surface area contributed by atoms with E-state index in [2.05, 4.69) is 24.0 Å². The summed E-state index contributed by atoms with van der Waals surface area (Å²) in [5, 5.41) is 11.5. The van der Waals surface area contributed by atoms with Crippen LogP contribution < -0.4 is 0 Å². The van der Waals surface area contributed by atoms with E-state index in [0.717, 1.165) is 17.0 Å². The maximum absolute atomic E-state index is 11.7. The summed E-state index contributed by atoms with van der Waals surface area (Å²) < 4.78 is 25.4. The van der Waals surface area contributed by atoms with E-state index >= 15 is 0 Å². The first-order chi connectivity index (χ1) is 11.3. The first kappa shape index (κ1) is 17.5. The molecule has 2 aliphatic heterocycles. The highest BCUT2D eigenvalue weighted by molar-refractivity contribution is 7.91. The molecule has 2 saturated heterocycles. The van der Waals surface area contributed by atoms with Crippen LogP contribution in [0.1, 0.15) is 62.5 Å². The number of aryl methyl sites for hydroxylation is 1. The molecule has 7 heteroatoms. The molecule has 1 aromatic heterocycles. The molecule has 24 heavy (non-hydrogen) atoms. The average Bonchev–Trinajstić information content (AvgIpc) is 2.99. The molecule has 1 aromatic rings. The van der Waals surface area contributed by atoms with Gasteiger partial charge in [-0.3, -0.25) is 9.69 Å². The van der Waals surface area contributed by atoms with Crippen molar-refractivity contribution in [2.24, 2.45) is 5.10 Å². The molecule has 0 aliphatic carbocycles. The fourth-order valence-electron chi connectivity index (χ4n) is 3.95. The van der Waals surface area contributed by atoms with Gasteiger partial charge in [0.15, 0.2) is 9.84 Å². The summed E-state index contributed by atoms with van der Waals surface area (Å²) in [6.07, 6.45) is 6.19. The summed E-state index contributed by atoms with van der Waals surface area (Å²) in [6.45, 7) is 8.42. The molecule has 0 N–H and O–H groups in total. The molecule has 0 aromatic carbocycles. The molecular weight excluding hydrogens is 324 g/mol. The van der Waals surface area contributed by atoms with Crippen LogP contribution in [0.15, 0.2) is 5.10 Å². The lowest BCUT2D eigenvalue weighted by Gasteiger charge is -2.36. The third-order valence-electron chi connectivity index (χ3n) is 5.40. The monoisotopic (exact) mass is 352 g/mol. The maximum atomic E-state index is 11.7. The fraction of sp³-hybridized carbons (Fsp3) is 0.765. The highest BCUT2D eigenvalue weighted by atomic mass is 32.2. The summed E-state index contributed by atoms with van der Waals surface area (Å²) >= 11 is 0. The lowest BCUT2D eigenvalue weighted by molar-refractivity contribution is 0.109. The minimum absolute atomic E-state index is 0.0383. The first-order valence-electron chi connectivity index (χ1n) is 8.87. The van der Waals surface area contributed by atoms with Crippen molar-refractivity contribution in [3.63, 3.8) is 0 Å². The second-order valence-electron chi connectivity index (χ2n) is 7.34. The van der Waals surface area contributed by atoms with Gasteiger partial charge >= 0.3 is 0 Å². The van der Waals surface area contributed by atoms with Gasteiger partial charge in [0.2, 0.25) is 0 Å². The van der Waals surface area contributed by atoms with Crippen molar-refractivity contribution < 1.29 is 8.42 Å². The third-order valence-corrected chi connectivity index (χ3v) is 7.15. The van der Waals surface area contributed by atoms with Crippen molar-refractivity contribution in [3.8, 4) is 0 Å². The molecular formula is C17H28N4O2S. The Hall–Kier alpha value is -1.37. The smallest absolute Gasteiger partial charge is 0.152 e. The molecule has 2 aliphatic rings. The lowest BCUT2D eigenvalue weighted by atomic mass is 10.00. The van der Waals surface area contributed by atoms with E-state index in [1.165, 1.54) is 19.3 Å². The Balaban J connectivity index is 1.83. The SMILES string of the molecule is Cc1nn([C@@H]2CCS(=O)(=O)C2)c(C)c1/C=N\N1[C@H](C)CCC[C@@H]1C. The second kappa shape index (κ2) is 6.50. The van der Waals surface area contributed by atoms with Crippen molar-refractivity contribution in [2.75, 3.05) is 11.5 Å². The zero-order chi connectivity index (χ0) is 17.5.